The fraction of sp³-hybridized carbons (Fsp3) is 0.333. The lowest BCUT2D eigenvalue weighted by Gasteiger charge is -2.11. The smallest absolute Gasteiger partial charge is 0.239 e. The van der Waals surface area contributed by atoms with Gasteiger partial charge in [-0.25, -0.2) is 0 Å². The summed E-state index contributed by atoms with van der Waals surface area (Å²) in [5.41, 5.74) is 8.96. The summed E-state index contributed by atoms with van der Waals surface area (Å²) in [5.74, 6) is 1.74. The second kappa shape index (κ2) is 4.45. The Morgan fingerprint density at radius 3 is 2.71 bits per heavy atom. The molecule has 2 rings (SSSR count). The summed E-state index contributed by atoms with van der Waals surface area (Å²) in [7, 11) is 0. The van der Waals surface area contributed by atoms with Gasteiger partial charge in [-0.05, 0) is 43.5 Å². The molecule has 0 amide bonds. The molecule has 1 aromatic carbocycles. The van der Waals surface area contributed by atoms with E-state index in [0.717, 1.165) is 11.3 Å². The molecule has 0 radical (unpaired) electrons. The second-order valence-electron chi connectivity index (χ2n) is 4.13. The minimum absolute atomic E-state index is 0.237. The third-order valence-corrected chi connectivity index (χ3v) is 2.68. The van der Waals surface area contributed by atoms with Crippen LogP contribution in [0.25, 0.3) is 0 Å². The van der Waals surface area contributed by atoms with E-state index in [0.29, 0.717) is 12.4 Å². The number of hydrogen-bond donors (Lipinski definition) is 2. The fourth-order valence-electron chi connectivity index (χ4n) is 1.67. The number of nitrogens with two attached hydrogens (primary N) is 1. The van der Waals surface area contributed by atoms with E-state index < -0.39 is 0 Å². The van der Waals surface area contributed by atoms with Gasteiger partial charge in [0.25, 0.3) is 0 Å². The molecule has 0 fully saturated rings. The van der Waals surface area contributed by atoms with Gasteiger partial charge >= 0.3 is 0 Å². The van der Waals surface area contributed by atoms with E-state index in [-0.39, 0.29) is 5.95 Å². The van der Waals surface area contributed by atoms with E-state index in [2.05, 4.69) is 28.2 Å². The Balaban J connectivity index is 2.14. The molecular weight excluding hydrogens is 216 g/mol. The van der Waals surface area contributed by atoms with Crippen LogP contribution in [0.1, 0.15) is 22.5 Å². The highest BCUT2D eigenvalue weighted by Gasteiger charge is 2.06. The second-order valence-corrected chi connectivity index (χ2v) is 4.13. The molecule has 3 N–H and O–H groups in total. The lowest BCUT2D eigenvalue weighted by Crippen LogP contribution is -2.00. The number of benzene rings is 1. The molecule has 1 heterocycles. The minimum Gasteiger partial charge on any atom is -0.485 e. The first-order valence-electron chi connectivity index (χ1n) is 5.43. The van der Waals surface area contributed by atoms with Crippen LogP contribution in [0.2, 0.25) is 0 Å². The van der Waals surface area contributed by atoms with Crippen LogP contribution in [0, 0.1) is 20.8 Å². The van der Waals surface area contributed by atoms with Gasteiger partial charge in [0.05, 0.1) is 0 Å². The maximum atomic E-state index is 5.71. The number of aromatic nitrogens is 3. The van der Waals surface area contributed by atoms with Crippen LogP contribution in [0.15, 0.2) is 12.1 Å². The molecule has 0 bridgehead atoms. The zero-order chi connectivity index (χ0) is 12.4. The van der Waals surface area contributed by atoms with Gasteiger partial charge in [-0.1, -0.05) is 6.07 Å². The van der Waals surface area contributed by atoms with Crippen molar-refractivity contribution in [3.8, 4) is 5.75 Å². The number of nitrogens with zero attached hydrogens (tertiary/aromatic N) is 2. The Bertz CT molecular complexity index is 533. The molecule has 2 aromatic rings. The monoisotopic (exact) mass is 232 g/mol. The number of aromatic amines is 1. The zero-order valence-corrected chi connectivity index (χ0v) is 10.2. The Hall–Kier alpha value is -2.04. The van der Waals surface area contributed by atoms with E-state index in [1.165, 1.54) is 11.1 Å². The van der Waals surface area contributed by atoms with Crippen molar-refractivity contribution < 1.29 is 4.74 Å². The molecule has 0 saturated carbocycles. The molecule has 0 atom stereocenters. The molecule has 0 aliphatic carbocycles. The Morgan fingerprint density at radius 2 is 2.06 bits per heavy atom. The standard InChI is InChI=1S/C12H16N4O/c1-7-4-8(2)9(3)10(5-7)17-6-11-14-12(13)16-15-11/h4-5H,6H2,1-3H3,(H3,13,14,15,16). The molecule has 0 aliphatic heterocycles. The van der Waals surface area contributed by atoms with Gasteiger partial charge in [-0.2, -0.15) is 4.98 Å². The van der Waals surface area contributed by atoms with Gasteiger partial charge in [-0.15, -0.1) is 5.10 Å². The predicted octanol–water partition coefficient (Wildman–Crippen LogP) is 1.89. The van der Waals surface area contributed by atoms with Gasteiger partial charge in [0, 0.05) is 0 Å². The quantitative estimate of drug-likeness (QED) is 0.847. The highest BCUT2D eigenvalue weighted by molar-refractivity contribution is 5.41. The van der Waals surface area contributed by atoms with E-state index in [9.17, 15) is 0 Å². The number of ether oxygens (including phenoxy) is 1. The lowest BCUT2D eigenvalue weighted by atomic mass is 10.1. The average Bonchev–Trinajstić information content (AvgIpc) is 2.67. The van der Waals surface area contributed by atoms with Crippen molar-refractivity contribution in [2.75, 3.05) is 5.73 Å². The largest absolute Gasteiger partial charge is 0.485 e. The molecule has 0 spiro atoms. The first-order chi connectivity index (χ1) is 8.06. The van der Waals surface area contributed by atoms with Crippen molar-refractivity contribution in [3.05, 3.63) is 34.6 Å². The minimum atomic E-state index is 0.237. The molecule has 90 valence electrons. The van der Waals surface area contributed by atoms with Crippen LogP contribution in [0.5, 0.6) is 5.75 Å². The zero-order valence-electron chi connectivity index (χ0n) is 10.2. The number of hydrogen-bond acceptors (Lipinski definition) is 4. The van der Waals surface area contributed by atoms with Crippen molar-refractivity contribution in [2.45, 2.75) is 27.4 Å². The van der Waals surface area contributed by atoms with Crippen LogP contribution in [0.3, 0.4) is 0 Å². The topological polar surface area (TPSA) is 76.8 Å². The Labute approximate surface area is 100 Å². The van der Waals surface area contributed by atoms with E-state index >= 15 is 0 Å². The van der Waals surface area contributed by atoms with Crippen LogP contribution < -0.4 is 10.5 Å². The number of H-pyrrole nitrogens is 1. The average molecular weight is 232 g/mol. The number of aryl methyl sites for hydroxylation is 2. The fourth-order valence-corrected chi connectivity index (χ4v) is 1.67. The van der Waals surface area contributed by atoms with Crippen LogP contribution in [-0.2, 0) is 6.61 Å². The normalized spacial score (nSPS) is 10.5. The van der Waals surface area contributed by atoms with Crippen molar-refractivity contribution >= 4 is 5.95 Å². The highest BCUT2D eigenvalue weighted by atomic mass is 16.5. The molecule has 0 saturated heterocycles. The molecular formula is C12H16N4O. The molecule has 0 unspecified atom stereocenters. The van der Waals surface area contributed by atoms with Crippen LogP contribution in [-0.4, -0.2) is 15.2 Å². The molecule has 5 heteroatoms. The van der Waals surface area contributed by atoms with Crippen molar-refractivity contribution in [3.63, 3.8) is 0 Å². The number of nitrogen functional groups attached to an aromatic ring is 1. The maximum Gasteiger partial charge on any atom is 0.239 e. The van der Waals surface area contributed by atoms with Gasteiger partial charge in [-0.3, -0.25) is 5.10 Å². The van der Waals surface area contributed by atoms with E-state index in [4.69, 9.17) is 10.5 Å². The van der Waals surface area contributed by atoms with E-state index in [1.54, 1.807) is 0 Å². The van der Waals surface area contributed by atoms with Crippen LogP contribution >= 0.6 is 0 Å². The van der Waals surface area contributed by atoms with Gasteiger partial charge in [0.15, 0.2) is 5.82 Å². The summed E-state index contributed by atoms with van der Waals surface area (Å²) < 4.78 is 5.71. The van der Waals surface area contributed by atoms with Gasteiger partial charge < -0.3 is 10.5 Å². The van der Waals surface area contributed by atoms with Crippen molar-refractivity contribution in [1.29, 1.82) is 0 Å². The number of rotatable bonds is 3. The lowest BCUT2D eigenvalue weighted by molar-refractivity contribution is 0.294. The van der Waals surface area contributed by atoms with E-state index in [1.807, 2.05) is 19.9 Å². The summed E-state index contributed by atoms with van der Waals surface area (Å²) in [5, 5.41) is 6.46. The molecule has 17 heavy (non-hydrogen) atoms. The SMILES string of the molecule is Cc1cc(C)c(C)c(OCc2nc(N)n[nH]2)c1. The maximum absolute atomic E-state index is 5.71. The van der Waals surface area contributed by atoms with Gasteiger partial charge in [0.2, 0.25) is 5.95 Å². The molecule has 5 nitrogen and oxygen atoms in total. The number of nitrogens with one attached hydrogen (secondary N) is 1. The van der Waals surface area contributed by atoms with Crippen molar-refractivity contribution in [1.82, 2.24) is 15.2 Å². The molecule has 1 aromatic heterocycles. The third-order valence-electron chi connectivity index (χ3n) is 2.68. The highest BCUT2D eigenvalue weighted by Crippen LogP contribution is 2.23. The predicted molar refractivity (Wildman–Crippen MR) is 65.8 cm³/mol. The molecule has 0 aliphatic rings. The number of anilines is 1. The summed E-state index contributed by atoms with van der Waals surface area (Å²) in [6, 6.07) is 4.15. The first kappa shape index (κ1) is 11.4. The first-order valence-corrected chi connectivity index (χ1v) is 5.43. The summed E-state index contributed by atoms with van der Waals surface area (Å²) in [6.45, 7) is 6.50. The summed E-state index contributed by atoms with van der Waals surface area (Å²) in [4.78, 5) is 3.99. The summed E-state index contributed by atoms with van der Waals surface area (Å²) >= 11 is 0. The third kappa shape index (κ3) is 2.55. The van der Waals surface area contributed by atoms with Gasteiger partial charge in [0.1, 0.15) is 12.4 Å². The Morgan fingerprint density at radius 1 is 1.29 bits per heavy atom. The summed E-state index contributed by atoms with van der Waals surface area (Å²) in [6.07, 6.45) is 0. The Kier molecular flexibility index (Phi) is 2.99. The van der Waals surface area contributed by atoms with Crippen LogP contribution in [0.4, 0.5) is 5.95 Å². The van der Waals surface area contributed by atoms with Crippen molar-refractivity contribution in [2.24, 2.45) is 0 Å².